The summed E-state index contributed by atoms with van der Waals surface area (Å²) in [5.41, 5.74) is 2.05. The average molecular weight is 219 g/mol. The SMILES string of the molecule is CC(C)NCc1ncc(-c2ccnn2C)[nH]1. The molecule has 86 valence electrons. The predicted molar refractivity (Wildman–Crippen MR) is 62.8 cm³/mol. The molecule has 5 heteroatoms. The van der Waals surface area contributed by atoms with Gasteiger partial charge in [-0.2, -0.15) is 5.10 Å². The largest absolute Gasteiger partial charge is 0.340 e. The molecule has 0 atom stereocenters. The van der Waals surface area contributed by atoms with Gasteiger partial charge in [0.1, 0.15) is 5.82 Å². The molecule has 0 aliphatic heterocycles. The second kappa shape index (κ2) is 4.49. The van der Waals surface area contributed by atoms with E-state index in [9.17, 15) is 0 Å². The molecule has 0 unspecified atom stereocenters. The molecule has 2 N–H and O–H groups in total. The summed E-state index contributed by atoms with van der Waals surface area (Å²) in [6, 6.07) is 2.43. The topological polar surface area (TPSA) is 58.5 Å². The first-order valence-electron chi connectivity index (χ1n) is 5.42. The van der Waals surface area contributed by atoms with Crippen molar-refractivity contribution in [3.63, 3.8) is 0 Å². The predicted octanol–water partition coefficient (Wildman–Crippen LogP) is 1.31. The summed E-state index contributed by atoms with van der Waals surface area (Å²) in [6.45, 7) is 4.99. The highest BCUT2D eigenvalue weighted by Gasteiger charge is 2.06. The zero-order chi connectivity index (χ0) is 11.5. The van der Waals surface area contributed by atoms with Crippen LogP contribution in [-0.2, 0) is 13.6 Å². The van der Waals surface area contributed by atoms with Crippen molar-refractivity contribution in [1.29, 1.82) is 0 Å². The molecular formula is C11H17N5. The van der Waals surface area contributed by atoms with Gasteiger partial charge in [-0.1, -0.05) is 13.8 Å². The Hall–Kier alpha value is -1.62. The molecule has 0 radical (unpaired) electrons. The molecule has 0 bridgehead atoms. The Kier molecular flexibility index (Phi) is 3.05. The van der Waals surface area contributed by atoms with Crippen LogP contribution in [0.2, 0.25) is 0 Å². The molecule has 16 heavy (non-hydrogen) atoms. The van der Waals surface area contributed by atoms with Gasteiger partial charge < -0.3 is 10.3 Å². The molecule has 0 amide bonds. The van der Waals surface area contributed by atoms with Gasteiger partial charge in [0.2, 0.25) is 0 Å². The molecule has 0 fully saturated rings. The zero-order valence-corrected chi connectivity index (χ0v) is 9.86. The van der Waals surface area contributed by atoms with Crippen LogP contribution in [0, 0.1) is 0 Å². The van der Waals surface area contributed by atoms with Gasteiger partial charge in [0.15, 0.2) is 0 Å². The number of H-pyrrole nitrogens is 1. The minimum Gasteiger partial charge on any atom is -0.340 e. The monoisotopic (exact) mass is 219 g/mol. The van der Waals surface area contributed by atoms with E-state index in [1.807, 2.05) is 24.0 Å². The summed E-state index contributed by atoms with van der Waals surface area (Å²) in [4.78, 5) is 7.60. The third kappa shape index (κ3) is 2.30. The Morgan fingerprint density at radius 2 is 2.31 bits per heavy atom. The van der Waals surface area contributed by atoms with Crippen LogP contribution in [0.4, 0.5) is 0 Å². The molecule has 0 aromatic carbocycles. The first-order valence-corrected chi connectivity index (χ1v) is 5.42. The summed E-state index contributed by atoms with van der Waals surface area (Å²) in [5, 5.41) is 7.45. The Balaban J connectivity index is 2.11. The van der Waals surface area contributed by atoms with Crippen LogP contribution in [0.25, 0.3) is 11.4 Å². The van der Waals surface area contributed by atoms with Gasteiger partial charge >= 0.3 is 0 Å². The van der Waals surface area contributed by atoms with Gasteiger partial charge in [-0.3, -0.25) is 4.68 Å². The molecule has 0 saturated heterocycles. The van der Waals surface area contributed by atoms with E-state index >= 15 is 0 Å². The van der Waals surface area contributed by atoms with E-state index in [4.69, 9.17) is 0 Å². The first kappa shape index (κ1) is 10.9. The summed E-state index contributed by atoms with van der Waals surface area (Å²) in [7, 11) is 1.92. The number of hydrogen-bond acceptors (Lipinski definition) is 3. The molecule has 0 aliphatic carbocycles. The molecule has 2 rings (SSSR count). The fourth-order valence-electron chi connectivity index (χ4n) is 1.52. The normalized spacial score (nSPS) is 11.2. The number of aromatic nitrogens is 4. The Labute approximate surface area is 94.9 Å². The number of aromatic amines is 1. The van der Waals surface area contributed by atoms with Crippen LogP contribution >= 0.6 is 0 Å². The summed E-state index contributed by atoms with van der Waals surface area (Å²) >= 11 is 0. The van der Waals surface area contributed by atoms with Gasteiger partial charge in [-0.05, 0) is 6.07 Å². The molecule has 5 nitrogen and oxygen atoms in total. The van der Waals surface area contributed by atoms with Crippen molar-refractivity contribution >= 4 is 0 Å². The van der Waals surface area contributed by atoms with Crippen LogP contribution in [0.5, 0.6) is 0 Å². The van der Waals surface area contributed by atoms with E-state index in [0.717, 1.165) is 23.8 Å². The third-order valence-electron chi connectivity index (χ3n) is 2.40. The van der Waals surface area contributed by atoms with E-state index < -0.39 is 0 Å². The maximum Gasteiger partial charge on any atom is 0.120 e. The molecule has 2 aromatic heterocycles. The highest BCUT2D eigenvalue weighted by molar-refractivity contribution is 5.52. The van der Waals surface area contributed by atoms with E-state index in [-0.39, 0.29) is 0 Å². The second-order valence-corrected chi connectivity index (χ2v) is 4.12. The smallest absolute Gasteiger partial charge is 0.120 e. The Morgan fingerprint density at radius 3 is 2.94 bits per heavy atom. The van der Waals surface area contributed by atoms with Crippen LogP contribution in [0.15, 0.2) is 18.5 Å². The second-order valence-electron chi connectivity index (χ2n) is 4.12. The number of hydrogen-bond donors (Lipinski definition) is 2. The van der Waals surface area contributed by atoms with E-state index in [2.05, 4.69) is 34.2 Å². The Morgan fingerprint density at radius 1 is 1.50 bits per heavy atom. The van der Waals surface area contributed by atoms with E-state index in [0.29, 0.717) is 6.04 Å². The lowest BCUT2D eigenvalue weighted by atomic mass is 10.3. The lowest BCUT2D eigenvalue weighted by Crippen LogP contribution is -2.22. The van der Waals surface area contributed by atoms with Crippen molar-refractivity contribution in [3.8, 4) is 11.4 Å². The number of imidazole rings is 1. The first-order chi connectivity index (χ1) is 7.66. The third-order valence-corrected chi connectivity index (χ3v) is 2.40. The van der Waals surface area contributed by atoms with Crippen LogP contribution in [-0.4, -0.2) is 25.8 Å². The van der Waals surface area contributed by atoms with Gasteiger partial charge in [0.05, 0.1) is 24.1 Å². The maximum atomic E-state index is 4.33. The summed E-state index contributed by atoms with van der Waals surface area (Å²) < 4.78 is 1.83. The lowest BCUT2D eigenvalue weighted by Gasteiger charge is -2.04. The number of aryl methyl sites for hydroxylation is 1. The van der Waals surface area contributed by atoms with Crippen molar-refractivity contribution in [2.45, 2.75) is 26.4 Å². The fraction of sp³-hybridized carbons (Fsp3) is 0.455. The molecule has 2 aromatic rings. The van der Waals surface area contributed by atoms with Crippen LogP contribution in [0.3, 0.4) is 0 Å². The van der Waals surface area contributed by atoms with E-state index in [1.54, 1.807) is 6.20 Å². The van der Waals surface area contributed by atoms with Crippen molar-refractivity contribution in [2.24, 2.45) is 7.05 Å². The van der Waals surface area contributed by atoms with Gasteiger partial charge in [-0.15, -0.1) is 0 Å². The van der Waals surface area contributed by atoms with Crippen molar-refractivity contribution in [2.75, 3.05) is 0 Å². The van der Waals surface area contributed by atoms with Crippen LogP contribution < -0.4 is 5.32 Å². The van der Waals surface area contributed by atoms with Gasteiger partial charge in [0.25, 0.3) is 0 Å². The van der Waals surface area contributed by atoms with Gasteiger partial charge in [-0.25, -0.2) is 4.98 Å². The zero-order valence-electron chi connectivity index (χ0n) is 9.86. The van der Waals surface area contributed by atoms with Crippen molar-refractivity contribution in [3.05, 3.63) is 24.3 Å². The van der Waals surface area contributed by atoms with Gasteiger partial charge in [0, 0.05) is 19.3 Å². The van der Waals surface area contributed by atoms with Crippen LogP contribution in [0.1, 0.15) is 19.7 Å². The highest BCUT2D eigenvalue weighted by atomic mass is 15.3. The lowest BCUT2D eigenvalue weighted by molar-refractivity contribution is 0.575. The van der Waals surface area contributed by atoms with Crippen molar-refractivity contribution in [1.82, 2.24) is 25.1 Å². The van der Waals surface area contributed by atoms with Crippen molar-refractivity contribution < 1.29 is 0 Å². The Bertz CT molecular complexity index is 454. The maximum absolute atomic E-state index is 4.33. The number of nitrogens with zero attached hydrogens (tertiary/aromatic N) is 3. The molecular weight excluding hydrogens is 202 g/mol. The summed E-state index contributed by atoms with van der Waals surface area (Å²) in [5.74, 6) is 0.949. The minimum atomic E-state index is 0.463. The standard InChI is InChI=1S/C11H17N5/c1-8(2)12-7-11-13-6-9(15-11)10-4-5-14-16(10)3/h4-6,8,12H,7H2,1-3H3,(H,13,15). The number of nitrogens with one attached hydrogen (secondary N) is 2. The molecule has 0 saturated carbocycles. The molecule has 0 spiro atoms. The number of rotatable bonds is 4. The quantitative estimate of drug-likeness (QED) is 0.815. The highest BCUT2D eigenvalue weighted by Crippen LogP contribution is 2.14. The summed E-state index contributed by atoms with van der Waals surface area (Å²) in [6.07, 6.45) is 3.62. The molecule has 2 heterocycles. The molecule has 0 aliphatic rings. The fourth-order valence-corrected chi connectivity index (χ4v) is 1.52. The minimum absolute atomic E-state index is 0.463. The van der Waals surface area contributed by atoms with E-state index in [1.165, 1.54) is 0 Å². The average Bonchev–Trinajstić information content (AvgIpc) is 2.83.